The first-order chi connectivity index (χ1) is 16.0. The summed E-state index contributed by atoms with van der Waals surface area (Å²) in [6, 6.07) is 21.0. The molecular weight excluding hydrogens is 420 g/mol. The zero-order valence-corrected chi connectivity index (χ0v) is 18.6. The van der Waals surface area contributed by atoms with Crippen LogP contribution < -0.4 is 19.6 Å². The fourth-order valence-electron chi connectivity index (χ4n) is 2.77. The Morgan fingerprint density at radius 3 is 2.30 bits per heavy atom. The van der Waals surface area contributed by atoms with Crippen molar-refractivity contribution >= 4 is 18.1 Å². The van der Waals surface area contributed by atoms with E-state index < -0.39 is 5.97 Å². The fraction of sp³-hybridized carbons (Fsp3) is 0.192. The molecule has 7 heteroatoms. The summed E-state index contributed by atoms with van der Waals surface area (Å²) in [7, 11) is 0. The van der Waals surface area contributed by atoms with Gasteiger partial charge in [-0.25, -0.2) is 10.2 Å². The predicted octanol–water partition coefficient (Wildman–Crippen LogP) is 4.53. The monoisotopic (exact) mass is 446 g/mol. The van der Waals surface area contributed by atoms with Crippen LogP contribution in [0.25, 0.3) is 0 Å². The molecule has 1 amide bonds. The summed E-state index contributed by atoms with van der Waals surface area (Å²) >= 11 is 0. The van der Waals surface area contributed by atoms with Gasteiger partial charge < -0.3 is 14.2 Å². The minimum absolute atomic E-state index is 0.136. The highest BCUT2D eigenvalue weighted by Crippen LogP contribution is 2.17. The standard InChI is InChI=1S/C26H26N2O5/c1-3-16-31-22-14-10-21(11-15-22)26(30)33-23-12-8-20(9-13-23)17-27-28-25(29)18-32-24-7-5-4-6-19(24)2/h4-15,17H,3,16,18H2,1-2H3,(H,28,29). The second-order valence-corrected chi connectivity index (χ2v) is 7.18. The van der Waals surface area contributed by atoms with Crippen molar-refractivity contribution in [3.63, 3.8) is 0 Å². The predicted molar refractivity (Wildman–Crippen MR) is 126 cm³/mol. The van der Waals surface area contributed by atoms with E-state index in [1.807, 2.05) is 32.0 Å². The topological polar surface area (TPSA) is 86.2 Å². The van der Waals surface area contributed by atoms with Gasteiger partial charge in [-0.05, 0) is 79.1 Å². The molecule has 0 aliphatic carbocycles. The highest BCUT2D eigenvalue weighted by atomic mass is 16.5. The van der Waals surface area contributed by atoms with Crippen LogP contribution in [0.2, 0.25) is 0 Å². The number of hydrogen-bond donors (Lipinski definition) is 1. The number of hydrogen-bond acceptors (Lipinski definition) is 6. The van der Waals surface area contributed by atoms with Crippen molar-refractivity contribution in [2.24, 2.45) is 5.10 Å². The lowest BCUT2D eigenvalue weighted by atomic mass is 10.2. The van der Waals surface area contributed by atoms with Crippen LogP contribution in [-0.4, -0.2) is 31.3 Å². The molecule has 3 aromatic carbocycles. The van der Waals surface area contributed by atoms with Crippen molar-refractivity contribution < 1.29 is 23.8 Å². The number of carbonyl (C=O) groups is 2. The Morgan fingerprint density at radius 2 is 1.61 bits per heavy atom. The van der Waals surface area contributed by atoms with Gasteiger partial charge in [0, 0.05) is 0 Å². The third-order valence-electron chi connectivity index (χ3n) is 4.51. The Balaban J connectivity index is 1.45. The number of carbonyl (C=O) groups excluding carboxylic acids is 2. The third kappa shape index (κ3) is 7.50. The number of ether oxygens (including phenoxy) is 3. The van der Waals surface area contributed by atoms with E-state index in [2.05, 4.69) is 10.5 Å². The molecule has 33 heavy (non-hydrogen) atoms. The number of nitrogens with one attached hydrogen (secondary N) is 1. The highest BCUT2D eigenvalue weighted by molar-refractivity contribution is 5.91. The molecule has 0 aromatic heterocycles. The summed E-state index contributed by atoms with van der Waals surface area (Å²) in [6.07, 6.45) is 2.41. The molecule has 0 aliphatic rings. The maximum Gasteiger partial charge on any atom is 0.343 e. The Bertz CT molecular complexity index is 1090. The average Bonchev–Trinajstić information content (AvgIpc) is 2.83. The molecule has 0 fully saturated rings. The minimum Gasteiger partial charge on any atom is -0.494 e. The molecule has 0 spiro atoms. The van der Waals surface area contributed by atoms with Gasteiger partial charge in [0.05, 0.1) is 18.4 Å². The summed E-state index contributed by atoms with van der Waals surface area (Å²) in [5.74, 6) is 0.943. The number of nitrogens with zero attached hydrogens (tertiary/aromatic N) is 1. The van der Waals surface area contributed by atoms with Gasteiger partial charge >= 0.3 is 5.97 Å². The van der Waals surface area contributed by atoms with Gasteiger partial charge in [-0.3, -0.25) is 4.79 Å². The van der Waals surface area contributed by atoms with Gasteiger partial charge in [0.2, 0.25) is 0 Å². The molecule has 0 heterocycles. The van der Waals surface area contributed by atoms with E-state index in [9.17, 15) is 9.59 Å². The molecule has 1 N–H and O–H groups in total. The van der Waals surface area contributed by atoms with E-state index in [0.29, 0.717) is 29.4 Å². The SMILES string of the molecule is CCCOc1ccc(C(=O)Oc2ccc(C=NNC(=O)COc3ccccc3C)cc2)cc1. The molecule has 0 aliphatic heterocycles. The second-order valence-electron chi connectivity index (χ2n) is 7.18. The van der Waals surface area contributed by atoms with Gasteiger partial charge in [-0.2, -0.15) is 5.10 Å². The van der Waals surface area contributed by atoms with Crippen molar-refractivity contribution in [2.45, 2.75) is 20.3 Å². The number of para-hydroxylation sites is 1. The van der Waals surface area contributed by atoms with Crippen LogP contribution in [0.5, 0.6) is 17.2 Å². The maximum absolute atomic E-state index is 12.3. The van der Waals surface area contributed by atoms with Crippen LogP contribution in [0.1, 0.15) is 34.8 Å². The molecule has 170 valence electrons. The first-order valence-electron chi connectivity index (χ1n) is 10.6. The first-order valence-corrected chi connectivity index (χ1v) is 10.6. The number of amides is 1. The number of benzene rings is 3. The molecule has 0 saturated heterocycles. The molecule has 0 atom stereocenters. The zero-order valence-electron chi connectivity index (χ0n) is 18.6. The van der Waals surface area contributed by atoms with Crippen LogP contribution in [0.4, 0.5) is 0 Å². The Morgan fingerprint density at radius 1 is 0.909 bits per heavy atom. The van der Waals surface area contributed by atoms with E-state index in [1.54, 1.807) is 54.6 Å². The normalized spacial score (nSPS) is 10.6. The molecule has 3 aromatic rings. The molecule has 0 radical (unpaired) electrons. The van der Waals surface area contributed by atoms with E-state index in [1.165, 1.54) is 6.21 Å². The average molecular weight is 447 g/mol. The number of esters is 1. The van der Waals surface area contributed by atoms with Crippen molar-refractivity contribution in [2.75, 3.05) is 13.2 Å². The largest absolute Gasteiger partial charge is 0.494 e. The molecule has 0 bridgehead atoms. The molecule has 0 unspecified atom stereocenters. The smallest absolute Gasteiger partial charge is 0.343 e. The van der Waals surface area contributed by atoms with Gasteiger partial charge in [-0.1, -0.05) is 25.1 Å². The lowest BCUT2D eigenvalue weighted by Crippen LogP contribution is -2.24. The van der Waals surface area contributed by atoms with Crippen molar-refractivity contribution in [3.8, 4) is 17.2 Å². The van der Waals surface area contributed by atoms with E-state index in [-0.39, 0.29) is 12.5 Å². The maximum atomic E-state index is 12.3. The van der Waals surface area contributed by atoms with E-state index >= 15 is 0 Å². The van der Waals surface area contributed by atoms with Crippen LogP contribution in [0, 0.1) is 6.92 Å². The number of aryl methyl sites for hydroxylation is 1. The number of rotatable bonds is 10. The zero-order chi connectivity index (χ0) is 23.5. The van der Waals surface area contributed by atoms with E-state index in [0.717, 1.165) is 17.5 Å². The third-order valence-corrected chi connectivity index (χ3v) is 4.51. The van der Waals surface area contributed by atoms with Gasteiger partial charge in [0.1, 0.15) is 17.2 Å². The van der Waals surface area contributed by atoms with E-state index in [4.69, 9.17) is 14.2 Å². The molecular formula is C26H26N2O5. The Hall–Kier alpha value is -4.13. The summed E-state index contributed by atoms with van der Waals surface area (Å²) < 4.78 is 16.4. The summed E-state index contributed by atoms with van der Waals surface area (Å²) in [6.45, 7) is 4.43. The quantitative estimate of drug-likeness (QED) is 0.214. The van der Waals surface area contributed by atoms with Crippen LogP contribution in [-0.2, 0) is 4.79 Å². The number of hydrazone groups is 1. The summed E-state index contributed by atoms with van der Waals surface area (Å²) in [5.41, 5.74) is 4.53. The summed E-state index contributed by atoms with van der Waals surface area (Å²) in [5, 5.41) is 3.92. The second kappa shape index (κ2) is 12.0. The minimum atomic E-state index is -0.459. The Kier molecular flexibility index (Phi) is 8.59. The van der Waals surface area contributed by atoms with Crippen LogP contribution in [0.3, 0.4) is 0 Å². The lowest BCUT2D eigenvalue weighted by molar-refractivity contribution is -0.123. The Labute approximate surface area is 193 Å². The molecule has 0 saturated carbocycles. The van der Waals surface area contributed by atoms with Gasteiger partial charge in [-0.15, -0.1) is 0 Å². The van der Waals surface area contributed by atoms with Crippen LogP contribution in [0.15, 0.2) is 77.9 Å². The van der Waals surface area contributed by atoms with Crippen molar-refractivity contribution in [1.82, 2.24) is 5.43 Å². The van der Waals surface area contributed by atoms with Gasteiger partial charge in [0.15, 0.2) is 6.61 Å². The first kappa shape index (κ1) is 23.5. The summed E-state index contributed by atoms with van der Waals surface area (Å²) in [4.78, 5) is 24.2. The molecule has 7 nitrogen and oxygen atoms in total. The fourth-order valence-corrected chi connectivity index (χ4v) is 2.77. The van der Waals surface area contributed by atoms with Crippen LogP contribution >= 0.6 is 0 Å². The van der Waals surface area contributed by atoms with Crippen molar-refractivity contribution in [1.29, 1.82) is 0 Å². The molecule has 3 rings (SSSR count). The highest BCUT2D eigenvalue weighted by Gasteiger charge is 2.09. The van der Waals surface area contributed by atoms with Gasteiger partial charge in [0.25, 0.3) is 5.91 Å². The lowest BCUT2D eigenvalue weighted by Gasteiger charge is -2.07. The van der Waals surface area contributed by atoms with Crippen molar-refractivity contribution in [3.05, 3.63) is 89.5 Å².